The van der Waals surface area contributed by atoms with Crippen molar-refractivity contribution in [1.29, 1.82) is 0 Å². The Balaban J connectivity index is 2.03. The van der Waals surface area contributed by atoms with Gasteiger partial charge < -0.3 is 0 Å². The van der Waals surface area contributed by atoms with Crippen molar-refractivity contribution in [3.63, 3.8) is 0 Å². The number of aromatic nitrogens is 2. The molecule has 0 aliphatic heterocycles. The van der Waals surface area contributed by atoms with Gasteiger partial charge in [-0.3, -0.25) is 0 Å². The summed E-state index contributed by atoms with van der Waals surface area (Å²) in [5.74, 6) is 0.410. The molecular formula is C9H11ClN2O2S2. The van der Waals surface area contributed by atoms with Gasteiger partial charge >= 0.3 is 0 Å². The number of nitrogens with zero attached hydrogens (tertiary/aromatic N) is 2. The molecule has 16 heavy (non-hydrogen) atoms. The molecule has 0 unspecified atom stereocenters. The van der Waals surface area contributed by atoms with Gasteiger partial charge in [-0.15, -0.1) is 11.8 Å². The topological polar surface area (TPSA) is 59.9 Å². The fourth-order valence-electron chi connectivity index (χ4n) is 1.69. The van der Waals surface area contributed by atoms with Crippen LogP contribution >= 0.6 is 22.4 Å². The lowest BCUT2D eigenvalue weighted by atomic mass is 10.3. The van der Waals surface area contributed by atoms with Crippen molar-refractivity contribution in [2.24, 2.45) is 0 Å². The van der Waals surface area contributed by atoms with Crippen molar-refractivity contribution in [3.05, 3.63) is 17.6 Å². The van der Waals surface area contributed by atoms with E-state index in [4.69, 9.17) is 10.7 Å². The van der Waals surface area contributed by atoms with Crippen molar-refractivity contribution >= 4 is 31.5 Å². The van der Waals surface area contributed by atoms with Crippen LogP contribution in [0.2, 0.25) is 0 Å². The number of hydrogen-bond donors (Lipinski definition) is 0. The second-order valence-corrected chi connectivity index (χ2v) is 7.53. The first-order valence-corrected chi connectivity index (χ1v) is 8.40. The maximum Gasteiger partial charge on any atom is 0.233 e. The van der Waals surface area contributed by atoms with E-state index < -0.39 is 9.05 Å². The number of thioether (sulfide) groups is 1. The van der Waals surface area contributed by atoms with Crippen LogP contribution in [0, 0.1) is 0 Å². The van der Waals surface area contributed by atoms with E-state index in [9.17, 15) is 8.42 Å². The van der Waals surface area contributed by atoms with Crippen molar-refractivity contribution in [2.75, 3.05) is 11.5 Å². The van der Waals surface area contributed by atoms with Gasteiger partial charge in [0, 0.05) is 27.7 Å². The predicted molar refractivity (Wildman–Crippen MR) is 64.4 cm³/mol. The Morgan fingerprint density at radius 1 is 1.38 bits per heavy atom. The van der Waals surface area contributed by atoms with E-state index in [1.54, 1.807) is 6.33 Å². The molecule has 0 saturated carbocycles. The van der Waals surface area contributed by atoms with E-state index in [2.05, 4.69) is 9.97 Å². The zero-order chi connectivity index (χ0) is 11.6. The molecule has 1 aliphatic rings. The standard InChI is InChI=1S/C9H11ClN2O2S2/c10-16(13,14)5-4-15-9-7-2-1-3-8(7)11-6-12-9/h6H,1-5H2. The molecule has 0 atom stereocenters. The minimum Gasteiger partial charge on any atom is -0.241 e. The molecule has 0 saturated heterocycles. The summed E-state index contributed by atoms with van der Waals surface area (Å²) in [4.78, 5) is 8.39. The third-order valence-corrected chi connectivity index (χ3v) is 4.85. The summed E-state index contributed by atoms with van der Waals surface area (Å²) in [6.45, 7) is 0. The number of rotatable bonds is 4. The highest BCUT2D eigenvalue weighted by molar-refractivity contribution is 8.14. The molecular weight excluding hydrogens is 268 g/mol. The van der Waals surface area contributed by atoms with E-state index >= 15 is 0 Å². The molecule has 1 heterocycles. The summed E-state index contributed by atoms with van der Waals surface area (Å²) in [5, 5.41) is 0.905. The highest BCUT2D eigenvalue weighted by atomic mass is 35.7. The van der Waals surface area contributed by atoms with Crippen LogP contribution in [0.3, 0.4) is 0 Å². The second kappa shape index (κ2) is 4.89. The predicted octanol–water partition coefficient (Wildman–Crippen LogP) is 1.63. The van der Waals surface area contributed by atoms with Crippen LogP contribution in [-0.2, 0) is 21.9 Å². The van der Waals surface area contributed by atoms with Crippen molar-refractivity contribution in [2.45, 2.75) is 24.3 Å². The van der Waals surface area contributed by atoms with Gasteiger partial charge in [0.1, 0.15) is 11.4 Å². The smallest absolute Gasteiger partial charge is 0.233 e. The highest BCUT2D eigenvalue weighted by Crippen LogP contribution is 2.28. The normalized spacial score (nSPS) is 15.1. The van der Waals surface area contributed by atoms with Crippen LogP contribution in [0.5, 0.6) is 0 Å². The molecule has 0 spiro atoms. The fraction of sp³-hybridized carbons (Fsp3) is 0.556. The van der Waals surface area contributed by atoms with E-state index in [-0.39, 0.29) is 5.75 Å². The molecule has 2 rings (SSSR count). The quantitative estimate of drug-likeness (QED) is 0.476. The molecule has 1 aromatic rings. The van der Waals surface area contributed by atoms with Gasteiger partial charge in [-0.2, -0.15) is 0 Å². The Morgan fingerprint density at radius 2 is 2.19 bits per heavy atom. The average molecular weight is 279 g/mol. The average Bonchev–Trinajstić information content (AvgIpc) is 2.64. The summed E-state index contributed by atoms with van der Waals surface area (Å²) in [5.41, 5.74) is 2.28. The molecule has 1 aromatic heterocycles. The summed E-state index contributed by atoms with van der Waals surface area (Å²) in [6, 6.07) is 0. The van der Waals surface area contributed by atoms with Gasteiger partial charge in [-0.25, -0.2) is 18.4 Å². The number of fused-ring (bicyclic) bond motifs is 1. The molecule has 0 radical (unpaired) electrons. The third-order valence-electron chi connectivity index (χ3n) is 2.40. The van der Waals surface area contributed by atoms with Gasteiger partial charge in [-0.05, 0) is 19.3 Å². The lowest BCUT2D eigenvalue weighted by molar-refractivity contribution is 0.611. The molecule has 0 fully saturated rings. The lowest BCUT2D eigenvalue weighted by Crippen LogP contribution is -2.01. The zero-order valence-corrected chi connectivity index (χ0v) is 10.9. The number of halogens is 1. The van der Waals surface area contributed by atoms with E-state index in [1.807, 2.05) is 0 Å². The zero-order valence-electron chi connectivity index (χ0n) is 8.52. The van der Waals surface area contributed by atoms with Crippen molar-refractivity contribution < 1.29 is 8.42 Å². The second-order valence-electron chi connectivity index (χ2n) is 3.55. The Labute approximate surface area is 103 Å². The first-order valence-electron chi connectivity index (χ1n) is 4.94. The summed E-state index contributed by atoms with van der Waals surface area (Å²) in [7, 11) is 1.74. The Kier molecular flexibility index (Phi) is 3.71. The molecule has 0 aromatic carbocycles. The van der Waals surface area contributed by atoms with Gasteiger partial charge in [0.2, 0.25) is 9.05 Å². The van der Waals surface area contributed by atoms with E-state index in [0.717, 1.165) is 30.0 Å². The number of hydrogen-bond acceptors (Lipinski definition) is 5. The summed E-state index contributed by atoms with van der Waals surface area (Å²) >= 11 is 1.44. The van der Waals surface area contributed by atoms with Crippen LogP contribution in [-0.4, -0.2) is 29.9 Å². The molecule has 7 heteroatoms. The SMILES string of the molecule is O=S(=O)(Cl)CCSc1ncnc2c1CCC2. The first-order chi connectivity index (χ1) is 7.56. The van der Waals surface area contributed by atoms with E-state index in [1.165, 1.54) is 17.3 Å². The largest absolute Gasteiger partial charge is 0.241 e. The Bertz CT molecular complexity index is 490. The maximum atomic E-state index is 10.8. The Hall–Kier alpha value is -0.330. The van der Waals surface area contributed by atoms with Crippen molar-refractivity contribution in [1.82, 2.24) is 9.97 Å². The van der Waals surface area contributed by atoms with Gasteiger partial charge in [0.15, 0.2) is 0 Å². The third kappa shape index (κ3) is 3.09. The highest BCUT2D eigenvalue weighted by Gasteiger charge is 2.17. The first kappa shape index (κ1) is 12.1. The van der Waals surface area contributed by atoms with E-state index in [0.29, 0.717) is 5.75 Å². The van der Waals surface area contributed by atoms with Crippen LogP contribution in [0.1, 0.15) is 17.7 Å². The maximum absolute atomic E-state index is 10.8. The Morgan fingerprint density at radius 3 is 2.94 bits per heavy atom. The fourth-order valence-corrected chi connectivity index (χ4v) is 4.10. The summed E-state index contributed by atoms with van der Waals surface area (Å²) in [6.07, 6.45) is 4.64. The lowest BCUT2D eigenvalue weighted by Gasteiger charge is -2.04. The number of aryl methyl sites for hydroxylation is 1. The monoisotopic (exact) mass is 278 g/mol. The molecule has 1 aliphatic carbocycles. The van der Waals surface area contributed by atoms with Gasteiger partial charge in [0.05, 0.1) is 5.75 Å². The minimum atomic E-state index is -3.40. The van der Waals surface area contributed by atoms with Crippen LogP contribution in [0.15, 0.2) is 11.4 Å². The molecule has 0 N–H and O–H groups in total. The molecule has 88 valence electrons. The molecule has 0 bridgehead atoms. The molecule has 0 amide bonds. The minimum absolute atomic E-state index is 0.0298. The molecule has 4 nitrogen and oxygen atoms in total. The summed E-state index contributed by atoms with van der Waals surface area (Å²) < 4.78 is 21.5. The van der Waals surface area contributed by atoms with Crippen LogP contribution < -0.4 is 0 Å². The van der Waals surface area contributed by atoms with Gasteiger partial charge in [0.25, 0.3) is 0 Å². The van der Waals surface area contributed by atoms with Crippen molar-refractivity contribution in [3.8, 4) is 0 Å². The van der Waals surface area contributed by atoms with Gasteiger partial charge in [-0.1, -0.05) is 0 Å². The van der Waals surface area contributed by atoms with Crippen LogP contribution in [0.4, 0.5) is 0 Å². The van der Waals surface area contributed by atoms with Crippen LogP contribution in [0.25, 0.3) is 0 Å².